The summed E-state index contributed by atoms with van der Waals surface area (Å²) in [6, 6.07) is 15.8. The van der Waals surface area contributed by atoms with E-state index >= 15 is 0 Å². The molecule has 0 fully saturated rings. The van der Waals surface area contributed by atoms with Crippen molar-refractivity contribution in [3.05, 3.63) is 93.7 Å². The number of aryl methyl sites for hydroxylation is 1. The smallest absolute Gasteiger partial charge is 0.429 e. The van der Waals surface area contributed by atoms with Crippen LogP contribution in [0.3, 0.4) is 0 Å². The van der Waals surface area contributed by atoms with E-state index in [4.69, 9.17) is 9.47 Å². The van der Waals surface area contributed by atoms with Gasteiger partial charge in [-0.05, 0) is 24.6 Å². The Hall–Kier alpha value is -3.62. The van der Waals surface area contributed by atoms with E-state index in [0.29, 0.717) is 11.3 Å². The van der Waals surface area contributed by atoms with Crippen molar-refractivity contribution < 1.29 is 27.6 Å². The van der Waals surface area contributed by atoms with Gasteiger partial charge in [-0.25, -0.2) is 4.98 Å². The molecule has 0 amide bonds. The van der Waals surface area contributed by atoms with Gasteiger partial charge in [-0.15, -0.1) is 0 Å². The fourth-order valence-corrected chi connectivity index (χ4v) is 2.68. The number of ether oxygens (including phenoxy) is 2. The summed E-state index contributed by atoms with van der Waals surface area (Å²) in [5, 5.41) is 10.8. The first-order valence-corrected chi connectivity index (χ1v) is 8.85. The average Bonchev–Trinajstić information content (AvgIpc) is 2.71. The van der Waals surface area contributed by atoms with Gasteiger partial charge in [-0.1, -0.05) is 42.5 Å². The molecule has 0 spiro atoms. The minimum absolute atomic E-state index is 0.120. The molecule has 3 aromatic rings. The van der Waals surface area contributed by atoms with E-state index in [0.717, 1.165) is 12.3 Å². The molecule has 156 valence electrons. The van der Waals surface area contributed by atoms with Gasteiger partial charge in [0.05, 0.1) is 4.92 Å². The average molecular weight is 418 g/mol. The van der Waals surface area contributed by atoms with Crippen molar-refractivity contribution in [3.63, 3.8) is 0 Å². The highest BCUT2D eigenvalue weighted by Crippen LogP contribution is 2.37. The molecular weight excluding hydrogens is 401 g/mol. The monoisotopic (exact) mass is 418 g/mol. The molecule has 0 aliphatic rings. The van der Waals surface area contributed by atoms with Gasteiger partial charge in [0, 0.05) is 17.2 Å². The number of nitro groups is 1. The Morgan fingerprint density at radius 2 is 1.77 bits per heavy atom. The van der Waals surface area contributed by atoms with Crippen LogP contribution in [0.4, 0.5) is 18.9 Å². The van der Waals surface area contributed by atoms with Crippen LogP contribution in [0.25, 0.3) is 0 Å². The molecule has 0 aliphatic carbocycles. The Kier molecular flexibility index (Phi) is 6.20. The van der Waals surface area contributed by atoms with E-state index in [1.807, 2.05) is 18.2 Å². The zero-order valence-electron chi connectivity index (χ0n) is 15.8. The summed E-state index contributed by atoms with van der Waals surface area (Å²) in [7, 11) is 0. The number of para-hydroxylation sites is 1. The number of nitrogens with zero attached hydrogens (tertiary/aromatic N) is 2. The van der Waals surface area contributed by atoms with Crippen LogP contribution in [0.15, 0.2) is 66.9 Å². The van der Waals surface area contributed by atoms with E-state index in [1.54, 1.807) is 12.1 Å². The Labute approximate surface area is 170 Å². The quantitative estimate of drug-likeness (QED) is 0.371. The van der Waals surface area contributed by atoms with Crippen molar-refractivity contribution in [1.29, 1.82) is 0 Å². The summed E-state index contributed by atoms with van der Waals surface area (Å²) in [6.45, 7) is 1.59. The molecule has 3 rings (SSSR count). The van der Waals surface area contributed by atoms with Crippen LogP contribution in [0.2, 0.25) is 0 Å². The third-order valence-corrected chi connectivity index (χ3v) is 4.18. The SMILES string of the molecule is Cc1cc([N+](=O)[O-])cnc1OC(c1ccc(COc2ccccc2)cc1)C(F)(F)F. The van der Waals surface area contributed by atoms with Gasteiger partial charge in [0.1, 0.15) is 18.6 Å². The molecule has 6 nitrogen and oxygen atoms in total. The second kappa shape index (κ2) is 8.81. The van der Waals surface area contributed by atoms with Crippen LogP contribution >= 0.6 is 0 Å². The Morgan fingerprint density at radius 3 is 2.33 bits per heavy atom. The van der Waals surface area contributed by atoms with Gasteiger partial charge in [0.2, 0.25) is 12.0 Å². The van der Waals surface area contributed by atoms with Crippen molar-refractivity contribution in [2.75, 3.05) is 0 Å². The van der Waals surface area contributed by atoms with E-state index in [2.05, 4.69) is 4.98 Å². The van der Waals surface area contributed by atoms with Gasteiger partial charge in [0.15, 0.2) is 0 Å². The summed E-state index contributed by atoms with van der Waals surface area (Å²) in [5.41, 5.74) is 0.371. The van der Waals surface area contributed by atoms with Crippen molar-refractivity contribution >= 4 is 5.69 Å². The third kappa shape index (κ3) is 5.25. The zero-order valence-corrected chi connectivity index (χ0v) is 15.8. The molecule has 1 heterocycles. The maximum atomic E-state index is 13.6. The number of halogens is 3. The van der Waals surface area contributed by atoms with Gasteiger partial charge in [0.25, 0.3) is 5.69 Å². The minimum Gasteiger partial charge on any atom is -0.489 e. The van der Waals surface area contributed by atoms with Gasteiger partial charge in [-0.3, -0.25) is 10.1 Å². The van der Waals surface area contributed by atoms with Crippen molar-refractivity contribution in [2.24, 2.45) is 0 Å². The lowest BCUT2D eigenvalue weighted by Gasteiger charge is -2.22. The Bertz CT molecular complexity index is 1010. The highest BCUT2D eigenvalue weighted by Gasteiger charge is 2.43. The molecule has 0 aliphatic heterocycles. The first-order chi connectivity index (χ1) is 14.2. The van der Waals surface area contributed by atoms with Crippen molar-refractivity contribution in [3.8, 4) is 11.6 Å². The first kappa shape index (κ1) is 21.1. The number of hydrogen-bond acceptors (Lipinski definition) is 5. The van der Waals surface area contributed by atoms with Crippen LogP contribution in [0.5, 0.6) is 11.6 Å². The number of rotatable bonds is 7. The largest absolute Gasteiger partial charge is 0.489 e. The van der Waals surface area contributed by atoms with Crippen LogP contribution in [0.1, 0.15) is 22.8 Å². The van der Waals surface area contributed by atoms with Crippen LogP contribution in [0, 0.1) is 17.0 Å². The zero-order chi connectivity index (χ0) is 21.7. The molecule has 1 aromatic heterocycles. The third-order valence-electron chi connectivity index (χ3n) is 4.18. The van der Waals surface area contributed by atoms with Gasteiger partial charge in [-0.2, -0.15) is 13.2 Å². The lowest BCUT2D eigenvalue weighted by molar-refractivity contribution is -0.385. The highest BCUT2D eigenvalue weighted by molar-refractivity contribution is 5.37. The molecule has 0 radical (unpaired) electrons. The van der Waals surface area contributed by atoms with Crippen molar-refractivity contribution in [1.82, 2.24) is 4.98 Å². The number of aromatic nitrogens is 1. The maximum Gasteiger partial charge on any atom is 0.429 e. The summed E-state index contributed by atoms with van der Waals surface area (Å²) in [5.74, 6) is 0.331. The molecule has 0 N–H and O–H groups in total. The molecule has 2 aromatic carbocycles. The first-order valence-electron chi connectivity index (χ1n) is 8.85. The van der Waals surface area contributed by atoms with Gasteiger partial charge < -0.3 is 9.47 Å². The van der Waals surface area contributed by atoms with E-state index < -0.39 is 17.2 Å². The van der Waals surface area contributed by atoms with Crippen LogP contribution in [-0.4, -0.2) is 16.1 Å². The fraction of sp³-hybridized carbons (Fsp3) is 0.190. The number of alkyl halides is 3. The predicted molar refractivity (Wildman–Crippen MR) is 102 cm³/mol. The Balaban J connectivity index is 1.76. The summed E-state index contributed by atoms with van der Waals surface area (Å²) >= 11 is 0. The summed E-state index contributed by atoms with van der Waals surface area (Å²) < 4.78 is 51.5. The second-order valence-electron chi connectivity index (χ2n) is 6.46. The van der Waals surface area contributed by atoms with Gasteiger partial charge >= 0.3 is 6.18 Å². The topological polar surface area (TPSA) is 74.5 Å². The number of benzene rings is 2. The summed E-state index contributed by atoms with van der Waals surface area (Å²) in [4.78, 5) is 13.8. The normalized spacial score (nSPS) is 12.3. The van der Waals surface area contributed by atoms with E-state index in [-0.39, 0.29) is 29.3 Å². The predicted octanol–water partition coefficient (Wildman–Crippen LogP) is 5.56. The lowest BCUT2D eigenvalue weighted by atomic mass is 10.1. The highest BCUT2D eigenvalue weighted by atomic mass is 19.4. The van der Waals surface area contributed by atoms with Crippen LogP contribution in [-0.2, 0) is 6.61 Å². The molecule has 30 heavy (non-hydrogen) atoms. The minimum atomic E-state index is -4.71. The fourth-order valence-electron chi connectivity index (χ4n) is 2.68. The number of hydrogen-bond donors (Lipinski definition) is 0. The van der Waals surface area contributed by atoms with Crippen molar-refractivity contribution in [2.45, 2.75) is 25.8 Å². The van der Waals surface area contributed by atoms with E-state index in [9.17, 15) is 23.3 Å². The van der Waals surface area contributed by atoms with Crippen LogP contribution < -0.4 is 9.47 Å². The van der Waals surface area contributed by atoms with E-state index in [1.165, 1.54) is 31.2 Å². The summed E-state index contributed by atoms with van der Waals surface area (Å²) in [6.07, 6.45) is -6.12. The maximum absolute atomic E-state index is 13.6. The second-order valence-corrected chi connectivity index (χ2v) is 6.46. The molecule has 0 saturated carbocycles. The molecule has 0 bridgehead atoms. The molecular formula is C21H17F3N2O4. The molecule has 9 heteroatoms. The lowest BCUT2D eigenvalue weighted by Crippen LogP contribution is -2.26. The number of pyridine rings is 1. The Morgan fingerprint density at radius 1 is 1.10 bits per heavy atom. The molecule has 1 atom stereocenters. The molecule has 1 unspecified atom stereocenters. The molecule has 0 saturated heterocycles. The standard InChI is InChI=1S/C21H17F3N2O4/c1-14-11-17(26(27)28)12-25-20(14)30-19(21(22,23)24)16-9-7-15(8-10-16)13-29-18-5-3-2-4-6-18/h2-12,19H,13H2,1H3.